The van der Waals surface area contributed by atoms with E-state index in [2.05, 4.69) is 20.0 Å². The summed E-state index contributed by atoms with van der Waals surface area (Å²) in [5, 5.41) is 12.8. The zero-order valence-electron chi connectivity index (χ0n) is 18.3. The fourth-order valence-electron chi connectivity index (χ4n) is 3.10. The Morgan fingerprint density at radius 3 is 2.64 bits per heavy atom. The van der Waals surface area contributed by atoms with Crippen LogP contribution in [0.2, 0.25) is 0 Å². The molecule has 0 atom stereocenters. The molecule has 0 unspecified atom stereocenters. The molecule has 12 heteroatoms. The number of nitrogens with zero attached hydrogens (tertiary/aromatic N) is 4. The molecule has 0 radical (unpaired) electrons. The zero-order chi connectivity index (χ0) is 23.4. The first-order chi connectivity index (χ1) is 15.9. The van der Waals surface area contributed by atoms with Gasteiger partial charge < -0.3 is 14.2 Å². The van der Waals surface area contributed by atoms with Crippen LogP contribution in [-0.2, 0) is 16.4 Å². The van der Waals surface area contributed by atoms with Crippen LogP contribution in [0.15, 0.2) is 46.7 Å². The van der Waals surface area contributed by atoms with Crippen molar-refractivity contribution in [1.82, 2.24) is 24.5 Å². The average molecular weight is 490 g/mol. The van der Waals surface area contributed by atoms with Gasteiger partial charge in [-0.3, -0.25) is 0 Å². The van der Waals surface area contributed by atoms with Crippen LogP contribution in [-0.4, -0.2) is 55.6 Å². The first kappa shape index (κ1) is 23.0. The van der Waals surface area contributed by atoms with Crippen molar-refractivity contribution in [2.24, 2.45) is 0 Å². The number of ether oxygens (including phenoxy) is 3. The molecule has 0 bridgehead atoms. The van der Waals surface area contributed by atoms with E-state index in [0.717, 1.165) is 11.3 Å². The number of thiophene rings is 1. The van der Waals surface area contributed by atoms with Gasteiger partial charge in [-0.2, -0.15) is 4.52 Å². The molecule has 4 rings (SSSR count). The van der Waals surface area contributed by atoms with Gasteiger partial charge in [0.05, 0.1) is 19.8 Å². The third kappa shape index (κ3) is 4.92. The van der Waals surface area contributed by atoms with Gasteiger partial charge in [0, 0.05) is 17.5 Å². The Hall–Kier alpha value is -3.22. The van der Waals surface area contributed by atoms with E-state index in [-0.39, 0.29) is 13.2 Å². The first-order valence-electron chi connectivity index (χ1n) is 10.1. The van der Waals surface area contributed by atoms with Gasteiger partial charge in [-0.1, -0.05) is 6.92 Å². The van der Waals surface area contributed by atoms with Gasteiger partial charge in [-0.15, -0.1) is 26.6 Å². The molecule has 0 aliphatic rings. The highest BCUT2D eigenvalue weighted by Crippen LogP contribution is 2.32. The maximum Gasteiger partial charge on any atom is 0.250 e. The lowest BCUT2D eigenvalue weighted by Crippen LogP contribution is -2.27. The van der Waals surface area contributed by atoms with Gasteiger partial charge in [-0.05, 0) is 42.8 Å². The summed E-state index contributed by atoms with van der Waals surface area (Å²) >= 11 is 1.26. The summed E-state index contributed by atoms with van der Waals surface area (Å²) in [7, 11) is -0.427. The van der Waals surface area contributed by atoms with E-state index in [1.807, 2.05) is 13.0 Å². The fraction of sp³-hybridized carbons (Fsp3) is 0.286. The van der Waals surface area contributed by atoms with Crippen molar-refractivity contribution in [2.75, 3.05) is 27.4 Å². The summed E-state index contributed by atoms with van der Waals surface area (Å²) in [5.74, 6) is 1.98. The number of rotatable bonds is 10. The smallest absolute Gasteiger partial charge is 0.250 e. The van der Waals surface area contributed by atoms with Crippen LogP contribution < -0.4 is 18.9 Å². The van der Waals surface area contributed by atoms with Gasteiger partial charge in [0.25, 0.3) is 0 Å². The molecule has 0 aliphatic carbocycles. The maximum atomic E-state index is 12.4. The third-order valence-corrected chi connectivity index (χ3v) is 7.96. The third-order valence-electron chi connectivity index (χ3n) is 4.78. The molecule has 1 aromatic carbocycles. The van der Waals surface area contributed by atoms with Crippen molar-refractivity contribution in [2.45, 2.75) is 17.6 Å². The molecule has 4 aromatic rings. The predicted molar refractivity (Wildman–Crippen MR) is 124 cm³/mol. The van der Waals surface area contributed by atoms with E-state index in [0.29, 0.717) is 38.6 Å². The first-order valence-corrected chi connectivity index (χ1v) is 12.4. The number of hydrogen-bond acceptors (Lipinski definition) is 9. The molecule has 0 spiro atoms. The fourth-order valence-corrected chi connectivity index (χ4v) is 5.45. The normalized spacial score (nSPS) is 11.6. The molecule has 0 saturated heterocycles. The summed E-state index contributed by atoms with van der Waals surface area (Å²) in [6.45, 7) is 2.18. The second-order valence-corrected chi connectivity index (χ2v) is 10.0. The van der Waals surface area contributed by atoms with Crippen LogP contribution in [0, 0.1) is 0 Å². The van der Waals surface area contributed by atoms with Crippen LogP contribution in [0.4, 0.5) is 0 Å². The number of benzene rings is 1. The summed E-state index contributed by atoms with van der Waals surface area (Å²) < 4.78 is 45.6. The molecule has 1 N–H and O–H groups in total. The quantitative estimate of drug-likeness (QED) is 0.338. The molecular formula is C21H23N5O5S2. The van der Waals surface area contributed by atoms with E-state index in [1.165, 1.54) is 15.9 Å². The van der Waals surface area contributed by atoms with Gasteiger partial charge in [0.1, 0.15) is 22.3 Å². The number of aromatic nitrogens is 4. The minimum absolute atomic E-state index is 0.0974. The highest BCUT2D eigenvalue weighted by molar-refractivity contribution is 7.91. The molecule has 174 valence electrons. The summed E-state index contributed by atoms with van der Waals surface area (Å²) in [5.41, 5.74) is 1.18. The van der Waals surface area contributed by atoms with Crippen LogP contribution in [0.25, 0.3) is 17.0 Å². The molecule has 0 saturated carbocycles. The van der Waals surface area contributed by atoms with Gasteiger partial charge >= 0.3 is 0 Å². The Kier molecular flexibility index (Phi) is 6.77. The van der Waals surface area contributed by atoms with Crippen LogP contribution in [0.1, 0.15) is 11.8 Å². The predicted octanol–water partition coefficient (Wildman–Crippen LogP) is 2.79. The lowest BCUT2D eigenvalue weighted by molar-refractivity contribution is 0.306. The number of sulfonamides is 1. The number of methoxy groups -OCH3 is 2. The monoisotopic (exact) mass is 489 g/mol. The highest BCUT2D eigenvalue weighted by Gasteiger charge is 2.17. The molecule has 3 heterocycles. The highest BCUT2D eigenvalue weighted by atomic mass is 32.2. The summed E-state index contributed by atoms with van der Waals surface area (Å²) in [4.78, 5) is 1.02. The van der Waals surface area contributed by atoms with Gasteiger partial charge in [0.15, 0.2) is 11.5 Å². The van der Waals surface area contributed by atoms with Crippen molar-refractivity contribution in [3.63, 3.8) is 0 Å². The van der Waals surface area contributed by atoms with Gasteiger partial charge in [-0.25, -0.2) is 13.1 Å². The van der Waals surface area contributed by atoms with Crippen LogP contribution >= 0.6 is 11.3 Å². The average Bonchev–Trinajstić information content (AvgIpc) is 3.49. The Labute approximate surface area is 195 Å². The number of aryl methyl sites for hydroxylation is 1. The second-order valence-electron chi connectivity index (χ2n) is 6.85. The van der Waals surface area contributed by atoms with E-state index in [4.69, 9.17) is 14.2 Å². The SMILES string of the molecule is CCc1ccc(S(=O)(=O)NCCOc2ccc3nnc(-c4cc(OC)ccc4OC)n3n2)s1. The second kappa shape index (κ2) is 9.73. The van der Waals surface area contributed by atoms with Crippen molar-refractivity contribution < 1.29 is 22.6 Å². The van der Waals surface area contributed by atoms with Crippen molar-refractivity contribution in [3.8, 4) is 28.8 Å². The molecule has 33 heavy (non-hydrogen) atoms. The standard InChI is InChI=1S/C21H23N5O5S2/c1-4-15-6-10-20(32-15)33(27,28)22-11-12-31-19-9-8-18-23-24-21(26(18)25-19)16-13-14(29-2)5-7-17(16)30-3/h5-10,13,22H,4,11-12H2,1-3H3. The minimum Gasteiger partial charge on any atom is -0.497 e. The number of hydrogen-bond donors (Lipinski definition) is 1. The molecule has 0 amide bonds. The van der Waals surface area contributed by atoms with Crippen LogP contribution in [0.5, 0.6) is 17.4 Å². The van der Waals surface area contributed by atoms with E-state index in [9.17, 15) is 8.42 Å². The number of nitrogens with one attached hydrogen (secondary N) is 1. The van der Waals surface area contributed by atoms with Crippen LogP contribution in [0.3, 0.4) is 0 Å². The molecule has 3 aromatic heterocycles. The number of fused-ring (bicyclic) bond motifs is 1. The van der Waals surface area contributed by atoms with E-state index >= 15 is 0 Å². The van der Waals surface area contributed by atoms with E-state index < -0.39 is 10.0 Å². The summed E-state index contributed by atoms with van der Waals surface area (Å²) in [6, 6.07) is 12.2. The Balaban J connectivity index is 1.48. The molecule has 0 aliphatic heterocycles. The lowest BCUT2D eigenvalue weighted by atomic mass is 10.2. The molecule has 0 fully saturated rings. The van der Waals surface area contributed by atoms with E-state index in [1.54, 1.807) is 50.6 Å². The lowest BCUT2D eigenvalue weighted by Gasteiger charge is -2.10. The molecular weight excluding hydrogens is 466 g/mol. The summed E-state index contributed by atoms with van der Waals surface area (Å²) in [6.07, 6.45) is 0.796. The molecule has 10 nitrogen and oxygen atoms in total. The topological polar surface area (TPSA) is 117 Å². The largest absolute Gasteiger partial charge is 0.497 e. The Bertz CT molecular complexity index is 1370. The zero-order valence-corrected chi connectivity index (χ0v) is 19.9. The Morgan fingerprint density at radius 1 is 1.06 bits per heavy atom. The van der Waals surface area contributed by atoms with Crippen molar-refractivity contribution >= 4 is 27.0 Å². The van der Waals surface area contributed by atoms with Gasteiger partial charge in [0.2, 0.25) is 15.9 Å². The maximum absolute atomic E-state index is 12.4. The Morgan fingerprint density at radius 2 is 1.91 bits per heavy atom. The minimum atomic E-state index is -3.57. The van der Waals surface area contributed by atoms with Crippen molar-refractivity contribution in [1.29, 1.82) is 0 Å². The van der Waals surface area contributed by atoms with Crippen molar-refractivity contribution in [3.05, 3.63) is 47.3 Å².